The SMILES string of the molecule is COCCN1C(=O)CC(N)C1c1cc(Br)ccc1Cl. The standard InChI is InChI=1S/C13H16BrClN2O2/c1-19-5-4-17-12(18)7-11(16)13(17)9-6-8(14)2-3-10(9)15/h2-3,6,11,13H,4-5,7,16H2,1H3. The van der Waals surface area contributed by atoms with Crippen molar-refractivity contribution in [2.45, 2.75) is 18.5 Å². The number of amides is 1. The number of nitrogens with two attached hydrogens (primary N) is 1. The summed E-state index contributed by atoms with van der Waals surface area (Å²) in [7, 11) is 1.61. The van der Waals surface area contributed by atoms with Gasteiger partial charge in [-0.15, -0.1) is 0 Å². The van der Waals surface area contributed by atoms with Crippen molar-refractivity contribution in [2.24, 2.45) is 5.73 Å². The number of halogens is 2. The molecular weight excluding hydrogens is 332 g/mol. The van der Waals surface area contributed by atoms with Crippen molar-refractivity contribution in [3.8, 4) is 0 Å². The van der Waals surface area contributed by atoms with Gasteiger partial charge in [0.1, 0.15) is 0 Å². The first kappa shape index (κ1) is 14.8. The Morgan fingerprint density at radius 2 is 2.32 bits per heavy atom. The van der Waals surface area contributed by atoms with E-state index in [1.807, 2.05) is 18.2 Å². The minimum atomic E-state index is -0.240. The Morgan fingerprint density at radius 3 is 3.00 bits per heavy atom. The summed E-state index contributed by atoms with van der Waals surface area (Å²) in [5.74, 6) is 0.0468. The molecule has 2 atom stereocenters. The molecule has 1 aromatic rings. The zero-order valence-electron chi connectivity index (χ0n) is 10.6. The number of ether oxygens (including phenoxy) is 1. The van der Waals surface area contributed by atoms with Crippen molar-refractivity contribution in [3.05, 3.63) is 33.3 Å². The summed E-state index contributed by atoms with van der Waals surface area (Å²) in [6.07, 6.45) is 0.344. The Balaban J connectivity index is 2.33. The molecule has 1 aromatic carbocycles. The Morgan fingerprint density at radius 1 is 1.58 bits per heavy atom. The molecule has 0 saturated carbocycles. The molecule has 0 spiro atoms. The lowest BCUT2D eigenvalue weighted by atomic mass is 10.0. The highest BCUT2D eigenvalue weighted by Crippen LogP contribution is 2.36. The van der Waals surface area contributed by atoms with Crippen LogP contribution in [0.25, 0.3) is 0 Å². The first-order valence-electron chi connectivity index (χ1n) is 6.03. The Kier molecular flexibility index (Phi) is 4.84. The van der Waals surface area contributed by atoms with E-state index in [-0.39, 0.29) is 18.0 Å². The van der Waals surface area contributed by atoms with E-state index in [1.165, 1.54) is 0 Å². The number of nitrogens with zero attached hydrogens (tertiary/aromatic N) is 1. The van der Waals surface area contributed by atoms with Crippen LogP contribution in [0.15, 0.2) is 22.7 Å². The van der Waals surface area contributed by atoms with Crippen LogP contribution in [0, 0.1) is 0 Å². The molecule has 0 radical (unpaired) electrons. The molecule has 104 valence electrons. The van der Waals surface area contributed by atoms with Gasteiger partial charge in [0.15, 0.2) is 0 Å². The molecule has 2 unspecified atom stereocenters. The highest BCUT2D eigenvalue weighted by molar-refractivity contribution is 9.10. The van der Waals surface area contributed by atoms with Crippen molar-refractivity contribution >= 4 is 33.4 Å². The second-order valence-corrected chi connectivity index (χ2v) is 5.88. The van der Waals surface area contributed by atoms with Crippen molar-refractivity contribution in [3.63, 3.8) is 0 Å². The van der Waals surface area contributed by atoms with Gasteiger partial charge in [-0.3, -0.25) is 4.79 Å². The molecule has 0 aliphatic carbocycles. The third kappa shape index (κ3) is 3.11. The van der Waals surface area contributed by atoms with Gasteiger partial charge in [0.25, 0.3) is 0 Å². The van der Waals surface area contributed by atoms with E-state index in [4.69, 9.17) is 22.1 Å². The largest absolute Gasteiger partial charge is 0.383 e. The summed E-state index contributed by atoms with van der Waals surface area (Å²) in [5, 5.41) is 0.626. The summed E-state index contributed by atoms with van der Waals surface area (Å²) in [6.45, 7) is 1.01. The molecule has 1 aliphatic rings. The topological polar surface area (TPSA) is 55.6 Å². The van der Waals surface area contributed by atoms with Crippen molar-refractivity contribution in [1.29, 1.82) is 0 Å². The smallest absolute Gasteiger partial charge is 0.224 e. The van der Waals surface area contributed by atoms with Crippen LogP contribution in [-0.4, -0.2) is 37.1 Å². The number of likely N-dealkylation sites (tertiary alicyclic amines) is 1. The third-order valence-corrected chi connectivity index (χ3v) is 4.12. The van der Waals surface area contributed by atoms with E-state index in [9.17, 15) is 4.79 Å². The van der Waals surface area contributed by atoms with Gasteiger partial charge < -0.3 is 15.4 Å². The van der Waals surface area contributed by atoms with Gasteiger partial charge >= 0.3 is 0 Å². The van der Waals surface area contributed by atoms with Crippen LogP contribution >= 0.6 is 27.5 Å². The van der Waals surface area contributed by atoms with E-state index < -0.39 is 0 Å². The molecule has 0 bridgehead atoms. The molecule has 19 heavy (non-hydrogen) atoms. The van der Waals surface area contributed by atoms with Crippen LogP contribution in [0.2, 0.25) is 5.02 Å². The first-order chi connectivity index (χ1) is 9.04. The monoisotopic (exact) mass is 346 g/mol. The molecule has 1 heterocycles. The van der Waals surface area contributed by atoms with Crippen LogP contribution in [0.5, 0.6) is 0 Å². The Bertz CT molecular complexity index is 484. The number of carbonyl (C=O) groups is 1. The maximum atomic E-state index is 12.0. The minimum Gasteiger partial charge on any atom is -0.383 e. The Labute approximate surface area is 126 Å². The normalized spacial score (nSPS) is 23.2. The molecule has 2 N–H and O–H groups in total. The van der Waals surface area contributed by atoms with Gasteiger partial charge in [-0.1, -0.05) is 27.5 Å². The lowest BCUT2D eigenvalue weighted by Gasteiger charge is -2.28. The van der Waals surface area contributed by atoms with E-state index in [0.717, 1.165) is 10.0 Å². The number of hydrogen-bond donors (Lipinski definition) is 1. The number of carbonyl (C=O) groups excluding carboxylic acids is 1. The van der Waals surface area contributed by atoms with Crippen molar-refractivity contribution in [1.82, 2.24) is 4.90 Å². The summed E-state index contributed by atoms with van der Waals surface area (Å²) < 4.78 is 5.97. The van der Waals surface area contributed by atoms with Crippen LogP contribution in [0.1, 0.15) is 18.0 Å². The van der Waals surface area contributed by atoms with E-state index in [0.29, 0.717) is 24.6 Å². The maximum absolute atomic E-state index is 12.0. The van der Waals surface area contributed by atoms with Crippen LogP contribution < -0.4 is 5.73 Å². The number of methoxy groups -OCH3 is 1. The van der Waals surface area contributed by atoms with Gasteiger partial charge in [0.05, 0.1) is 12.6 Å². The van der Waals surface area contributed by atoms with Crippen LogP contribution in [-0.2, 0) is 9.53 Å². The number of rotatable bonds is 4. The van der Waals surface area contributed by atoms with Crippen LogP contribution in [0.4, 0.5) is 0 Å². The van der Waals surface area contributed by atoms with E-state index >= 15 is 0 Å². The van der Waals surface area contributed by atoms with Gasteiger partial charge in [-0.05, 0) is 23.8 Å². The fourth-order valence-corrected chi connectivity index (χ4v) is 3.02. The maximum Gasteiger partial charge on any atom is 0.224 e. The highest BCUT2D eigenvalue weighted by atomic mass is 79.9. The first-order valence-corrected chi connectivity index (χ1v) is 7.20. The van der Waals surface area contributed by atoms with Crippen molar-refractivity contribution in [2.75, 3.05) is 20.3 Å². The molecule has 1 amide bonds. The lowest BCUT2D eigenvalue weighted by molar-refractivity contribution is -0.129. The molecule has 4 nitrogen and oxygen atoms in total. The zero-order valence-corrected chi connectivity index (χ0v) is 12.9. The average molecular weight is 348 g/mol. The van der Waals surface area contributed by atoms with Gasteiger partial charge in [0.2, 0.25) is 5.91 Å². The van der Waals surface area contributed by atoms with E-state index in [2.05, 4.69) is 15.9 Å². The van der Waals surface area contributed by atoms with Crippen molar-refractivity contribution < 1.29 is 9.53 Å². The number of benzene rings is 1. The fourth-order valence-electron chi connectivity index (χ4n) is 2.41. The van der Waals surface area contributed by atoms with Crippen LogP contribution in [0.3, 0.4) is 0 Å². The van der Waals surface area contributed by atoms with E-state index in [1.54, 1.807) is 12.0 Å². The molecule has 1 fully saturated rings. The second kappa shape index (κ2) is 6.22. The molecule has 1 saturated heterocycles. The molecular formula is C13H16BrClN2O2. The quantitative estimate of drug-likeness (QED) is 0.909. The number of hydrogen-bond acceptors (Lipinski definition) is 3. The predicted molar refractivity (Wildman–Crippen MR) is 78.1 cm³/mol. The summed E-state index contributed by atoms with van der Waals surface area (Å²) in [4.78, 5) is 13.8. The molecule has 6 heteroatoms. The average Bonchev–Trinajstić information content (AvgIpc) is 2.64. The second-order valence-electron chi connectivity index (χ2n) is 4.56. The molecule has 0 aromatic heterocycles. The fraction of sp³-hybridized carbons (Fsp3) is 0.462. The van der Waals surface area contributed by atoms with Gasteiger partial charge in [0, 0.05) is 35.6 Å². The zero-order chi connectivity index (χ0) is 14.0. The predicted octanol–water partition coefficient (Wildman–Crippen LogP) is 2.35. The minimum absolute atomic E-state index is 0.0468. The highest BCUT2D eigenvalue weighted by Gasteiger charge is 2.39. The molecule has 1 aliphatic heterocycles. The lowest BCUT2D eigenvalue weighted by Crippen LogP contribution is -2.35. The third-order valence-electron chi connectivity index (χ3n) is 3.29. The Hall–Kier alpha value is -0.620. The summed E-state index contributed by atoms with van der Waals surface area (Å²) >= 11 is 9.67. The summed E-state index contributed by atoms with van der Waals surface area (Å²) in [6, 6.07) is 5.17. The molecule has 2 rings (SSSR count). The van der Waals surface area contributed by atoms with Gasteiger partial charge in [-0.25, -0.2) is 0 Å². The summed E-state index contributed by atoms with van der Waals surface area (Å²) in [5.41, 5.74) is 6.99. The van der Waals surface area contributed by atoms with Gasteiger partial charge in [-0.2, -0.15) is 0 Å².